The van der Waals surface area contributed by atoms with Crippen LogP contribution in [0.5, 0.6) is 0 Å². The van der Waals surface area contributed by atoms with Crippen LogP contribution < -0.4 is 0 Å². The molecule has 0 aromatic rings. The summed E-state index contributed by atoms with van der Waals surface area (Å²) in [5.74, 6) is -0.603. The predicted molar refractivity (Wildman–Crippen MR) is 278 cm³/mol. The molecular weight excluding hydrogens is 789 g/mol. The van der Waals surface area contributed by atoms with Crippen molar-refractivity contribution in [2.24, 2.45) is 0 Å². The van der Waals surface area contributed by atoms with Gasteiger partial charge in [0.1, 0.15) is 6.61 Å². The number of carbonyl (C=O) groups excluding carboxylic acids is 2. The normalized spacial score (nSPS) is 13.7. The van der Waals surface area contributed by atoms with E-state index in [1.807, 2.05) is 6.08 Å². The Bertz CT molecular complexity index is 1500. The molecule has 0 aromatic heterocycles. The van der Waals surface area contributed by atoms with Gasteiger partial charge in [-0.3, -0.25) is 9.59 Å². The van der Waals surface area contributed by atoms with E-state index < -0.39 is 6.10 Å². The van der Waals surface area contributed by atoms with E-state index in [0.29, 0.717) is 25.9 Å². The third-order valence-corrected chi connectivity index (χ3v) is 9.24. The smallest absolute Gasteiger partial charge is 0.306 e. The van der Waals surface area contributed by atoms with Crippen LogP contribution in [-0.4, -0.2) is 37.9 Å². The number of esters is 2. The minimum absolute atomic E-state index is 0.00372. The van der Waals surface area contributed by atoms with Crippen molar-refractivity contribution in [1.29, 1.82) is 0 Å². The number of rotatable bonds is 42. The summed E-state index contributed by atoms with van der Waals surface area (Å²) in [5, 5.41) is 0. The summed E-state index contributed by atoms with van der Waals surface area (Å²) in [6.45, 7) is 7.20. The van der Waals surface area contributed by atoms with Gasteiger partial charge in [0, 0.05) is 19.4 Å². The van der Waals surface area contributed by atoms with Gasteiger partial charge >= 0.3 is 11.9 Å². The zero-order chi connectivity index (χ0) is 46.3. The first-order valence-corrected chi connectivity index (χ1v) is 24.7. The van der Waals surface area contributed by atoms with Crippen LogP contribution in [0.1, 0.15) is 162 Å². The second-order valence-corrected chi connectivity index (χ2v) is 15.2. The van der Waals surface area contributed by atoms with E-state index in [1.54, 1.807) is 0 Å². The van der Waals surface area contributed by atoms with E-state index in [0.717, 1.165) is 116 Å². The molecule has 354 valence electrons. The fraction of sp³-hybridized carbons (Fsp3) is 0.492. The molecule has 0 bridgehead atoms. The van der Waals surface area contributed by atoms with Crippen LogP contribution >= 0.6 is 0 Å². The Morgan fingerprint density at radius 2 is 0.672 bits per heavy atom. The summed E-state index contributed by atoms with van der Waals surface area (Å²) in [6.07, 6.45) is 79.6. The van der Waals surface area contributed by atoms with Crippen molar-refractivity contribution < 1.29 is 23.8 Å². The van der Waals surface area contributed by atoms with Crippen molar-refractivity contribution in [1.82, 2.24) is 0 Å². The van der Waals surface area contributed by atoms with E-state index in [9.17, 15) is 9.59 Å². The highest BCUT2D eigenvalue weighted by Crippen LogP contribution is 2.07. The fourth-order valence-corrected chi connectivity index (χ4v) is 5.70. The molecule has 0 aliphatic heterocycles. The molecule has 0 N–H and O–H groups in total. The Labute approximate surface area is 392 Å². The maximum absolute atomic E-state index is 12.7. The van der Waals surface area contributed by atoms with Crippen LogP contribution in [0.25, 0.3) is 0 Å². The molecule has 1 unspecified atom stereocenters. The largest absolute Gasteiger partial charge is 0.462 e. The van der Waals surface area contributed by atoms with Gasteiger partial charge in [-0.2, -0.15) is 0 Å². The number of hydrogen-bond acceptors (Lipinski definition) is 5. The van der Waals surface area contributed by atoms with Crippen LogP contribution in [0.3, 0.4) is 0 Å². The number of ether oxygens (including phenoxy) is 3. The molecule has 0 saturated heterocycles. The lowest BCUT2D eigenvalue weighted by atomic mass is 10.2. The molecule has 0 aromatic carbocycles. The van der Waals surface area contributed by atoms with Crippen LogP contribution in [0, 0.1) is 0 Å². The molecule has 5 heteroatoms. The van der Waals surface area contributed by atoms with Crippen molar-refractivity contribution in [3.63, 3.8) is 0 Å². The summed E-state index contributed by atoms with van der Waals surface area (Å²) in [4.78, 5) is 25.3. The molecule has 0 spiro atoms. The molecule has 0 aliphatic carbocycles. The molecule has 0 amide bonds. The summed E-state index contributed by atoms with van der Waals surface area (Å²) in [6, 6.07) is 0. The summed E-state index contributed by atoms with van der Waals surface area (Å²) < 4.78 is 17.2. The summed E-state index contributed by atoms with van der Waals surface area (Å²) in [7, 11) is 0. The first kappa shape index (κ1) is 59.3. The highest BCUT2D eigenvalue weighted by Gasteiger charge is 2.17. The number of carbonyl (C=O) groups is 2. The number of hydrogen-bond donors (Lipinski definition) is 0. The topological polar surface area (TPSA) is 61.8 Å². The molecule has 0 heterocycles. The Morgan fingerprint density at radius 3 is 1.05 bits per heavy atom. The van der Waals surface area contributed by atoms with Crippen molar-refractivity contribution in [3.05, 3.63) is 170 Å². The molecule has 0 saturated carbocycles. The number of allylic oxidation sites excluding steroid dienone is 28. The molecule has 0 radical (unpaired) electrons. The van der Waals surface area contributed by atoms with E-state index in [-0.39, 0.29) is 31.6 Å². The van der Waals surface area contributed by atoms with E-state index >= 15 is 0 Å². The molecule has 1 atom stereocenters. The molecule has 0 fully saturated rings. The predicted octanol–water partition coefficient (Wildman–Crippen LogP) is 16.9. The van der Waals surface area contributed by atoms with Crippen LogP contribution in [-0.2, 0) is 23.8 Å². The lowest BCUT2D eigenvalue weighted by Crippen LogP contribution is -2.30. The van der Waals surface area contributed by atoms with Gasteiger partial charge in [-0.25, -0.2) is 0 Å². The van der Waals surface area contributed by atoms with Crippen molar-refractivity contribution >= 4 is 11.9 Å². The average molecular weight is 877 g/mol. The first-order valence-electron chi connectivity index (χ1n) is 24.7. The van der Waals surface area contributed by atoms with Crippen LogP contribution in [0.2, 0.25) is 0 Å². The summed E-state index contributed by atoms with van der Waals surface area (Å²) >= 11 is 0. The van der Waals surface area contributed by atoms with Gasteiger partial charge in [-0.15, -0.1) is 0 Å². The zero-order valence-electron chi connectivity index (χ0n) is 40.5. The molecule has 0 aliphatic rings. The standard InChI is InChI=1S/C59H88O5/c1-4-7-10-13-16-19-22-25-27-29-31-33-36-39-42-45-48-51-54-62-55-57(64-59(61)53-50-47-44-41-38-34-24-21-18-15-12-9-6-3)56-63-58(60)52-49-46-43-40-37-35-32-30-28-26-23-20-17-14-11-8-5-2/h7-12,16-21,25-28,31-35,38-40,42-44,47,57H,4-6,13-15,22-24,29-30,36-37,41,45-46,48-56H2,1-3H3/b10-7-,11-8-,12-9-,19-16-,20-17-,21-18-,27-25-,28-26-,33-31-,35-32-,38-34-,42-39-,43-40-,47-44-. The van der Waals surface area contributed by atoms with E-state index in [2.05, 4.69) is 185 Å². The quantitative estimate of drug-likeness (QED) is 0.0347. The maximum Gasteiger partial charge on any atom is 0.306 e. The third-order valence-electron chi connectivity index (χ3n) is 9.24. The van der Waals surface area contributed by atoms with E-state index in [4.69, 9.17) is 14.2 Å². The van der Waals surface area contributed by atoms with Crippen molar-refractivity contribution in [2.75, 3.05) is 19.8 Å². The second kappa shape index (κ2) is 52.6. The Kier molecular flexibility index (Phi) is 48.7. The van der Waals surface area contributed by atoms with Gasteiger partial charge in [-0.1, -0.05) is 191 Å². The Morgan fingerprint density at radius 1 is 0.344 bits per heavy atom. The van der Waals surface area contributed by atoms with Gasteiger partial charge in [0.2, 0.25) is 0 Å². The second-order valence-electron chi connectivity index (χ2n) is 15.2. The highest BCUT2D eigenvalue weighted by atomic mass is 16.6. The molecule has 64 heavy (non-hydrogen) atoms. The van der Waals surface area contributed by atoms with Gasteiger partial charge < -0.3 is 14.2 Å². The van der Waals surface area contributed by atoms with E-state index in [1.165, 1.54) is 0 Å². The average Bonchev–Trinajstić information content (AvgIpc) is 3.30. The fourth-order valence-electron chi connectivity index (χ4n) is 5.70. The first-order chi connectivity index (χ1) is 31.6. The number of unbranched alkanes of at least 4 members (excludes halogenated alkanes) is 3. The van der Waals surface area contributed by atoms with Gasteiger partial charge in [-0.05, 0) is 128 Å². The molecule has 0 rings (SSSR count). The van der Waals surface area contributed by atoms with Crippen molar-refractivity contribution in [2.45, 2.75) is 168 Å². The minimum atomic E-state index is -0.634. The lowest BCUT2D eigenvalue weighted by Gasteiger charge is -2.18. The van der Waals surface area contributed by atoms with Crippen LogP contribution in [0.15, 0.2) is 170 Å². The van der Waals surface area contributed by atoms with Gasteiger partial charge in [0.25, 0.3) is 0 Å². The molecule has 5 nitrogen and oxygen atoms in total. The Hall–Kier alpha value is -4.74. The maximum atomic E-state index is 12.7. The van der Waals surface area contributed by atoms with Crippen molar-refractivity contribution in [3.8, 4) is 0 Å². The minimum Gasteiger partial charge on any atom is -0.462 e. The highest BCUT2D eigenvalue weighted by molar-refractivity contribution is 5.70. The third kappa shape index (κ3) is 49.9. The SMILES string of the molecule is CC/C=C\C/C=C\C/C=C\C/C=C\C/C=C\CCCCOCC(COC(=O)CCC/C=C\C/C=C\C/C=C\C/C=C\C/C=C\CC)OC(=O)CC/C=C\C/C=C\C/C=C\C/C=C\CC. The summed E-state index contributed by atoms with van der Waals surface area (Å²) in [5.41, 5.74) is 0. The monoisotopic (exact) mass is 877 g/mol. The van der Waals surface area contributed by atoms with Crippen LogP contribution in [0.4, 0.5) is 0 Å². The van der Waals surface area contributed by atoms with Gasteiger partial charge in [0.05, 0.1) is 6.61 Å². The Balaban J connectivity index is 4.57. The zero-order valence-corrected chi connectivity index (χ0v) is 40.5. The lowest BCUT2D eigenvalue weighted by molar-refractivity contribution is -0.162. The molecular formula is C59H88O5. The van der Waals surface area contributed by atoms with Gasteiger partial charge in [0.15, 0.2) is 6.10 Å².